The van der Waals surface area contributed by atoms with Crippen molar-refractivity contribution in [2.45, 2.75) is 38.6 Å². The van der Waals surface area contributed by atoms with Gasteiger partial charge in [0.2, 0.25) is 0 Å². The van der Waals surface area contributed by atoms with Crippen LogP contribution < -0.4 is 10.6 Å². The number of hydrogen-bond donors (Lipinski definition) is 2. The third kappa shape index (κ3) is 2.82. The summed E-state index contributed by atoms with van der Waals surface area (Å²) in [7, 11) is 1.94. The van der Waals surface area contributed by atoms with Gasteiger partial charge in [0.05, 0.1) is 10.6 Å². The van der Waals surface area contributed by atoms with E-state index in [1.54, 1.807) is 0 Å². The fourth-order valence-electron chi connectivity index (χ4n) is 2.84. The maximum Gasteiger partial charge on any atom is 0.261 e. The highest BCUT2D eigenvalue weighted by atomic mass is 32.1. The second kappa shape index (κ2) is 5.77. The van der Waals surface area contributed by atoms with Crippen LogP contribution in [0.4, 0.5) is 0 Å². The van der Waals surface area contributed by atoms with Gasteiger partial charge in [0.1, 0.15) is 4.83 Å². The van der Waals surface area contributed by atoms with Crippen molar-refractivity contribution in [3.05, 3.63) is 16.6 Å². The van der Waals surface area contributed by atoms with Crippen molar-refractivity contribution >= 4 is 27.5 Å². The summed E-state index contributed by atoms with van der Waals surface area (Å²) in [4.78, 5) is 14.3. The topological polar surface area (TPSA) is 59.0 Å². The quantitative estimate of drug-likeness (QED) is 0.914. The number of aromatic nitrogens is 2. The second-order valence-corrected chi connectivity index (χ2v) is 7.04. The van der Waals surface area contributed by atoms with E-state index >= 15 is 0 Å². The SMILES string of the molecule is CC(C)c1nn(C)c2sc(C(=O)NC3CCCNC3)cc12. The molecule has 2 aromatic rings. The Kier molecular flexibility index (Phi) is 3.99. The molecule has 3 heterocycles. The Morgan fingerprint density at radius 2 is 2.38 bits per heavy atom. The van der Waals surface area contributed by atoms with E-state index in [0.717, 1.165) is 46.7 Å². The number of aryl methyl sites for hydroxylation is 1. The molecule has 2 aromatic heterocycles. The molecule has 114 valence electrons. The fourth-order valence-corrected chi connectivity index (χ4v) is 3.82. The lowest BCUT2D eigenvalue weighted by Gasteiger charge is -2.23. The van der Waals surface area contributed by atoms with Crippen molar-refractivity contribution < 1.29 is 4.79 Å². The first-order valence-corrected chi connectivity index (χ1v) is 8.36. The lowest BCUT2D eigenvalue weighted by atomic mass is 10.1. The minimum absolute atomic E-state index is 0.0413. The van der Waals surface area contributed by atoms with Crippen LogP contribution in [0.2, 0.25) is 0 Å². The van der Waals surface area contributed by atoms with E-state index in [1.165, 1.54) is 11.3 Å². The highest BCUT2D eigenvalue weighted by molar-refractivity contribution is 7.20. The van der Waals surface area contributed by atoms with Crippen LogP contribution in [-0.4, -0.2) is 34.8 Å². The number of nitrogens with one attached hydrogen (secondary N) is 2. The van der Waals surface area contributed by atoms with Crippen LogP contribution in [0.1, 0.15) is 48.0 Å². The van der Waals surface area contributed by atoms with Gasteiger partial charge in [-0.15, -0.1) is 11.3 Å². The second-order valence-electron chi connectivity index (χ2n) is 6.01. The Morgan fingerprint density at radius 3 is 3.05 bits per heavy atom. The number of carbonyl (C=O) groups excluding carboxylic acids is 1. The Balaban J connectivity index is 1.83. The molecule has 1 aliphatic heterocycles. The molecular weight excluding hydrogens is 284 g/mol. The molecule has 0 radical (unpaired) electrons. The molecule has 1 atom stereocenters. The Morgan fingerprint density at radius 1 is 1.57 bits per heavy atom. The molecule has 0 bridgehead atoms. The van der Waals surface area contributed by atoms with Crippen molar-refractivity contribution in [2.75, 3.05) is 13.1 Å². The number of amides is 1. The number of nitrogens with zero attached hydrogens (tertiary/aromatic N) is 2. The molecule has 3 rings (SSSR count). The zero-order chi connectivity index (χ0) is 15.0. The Labute approximate surface area is 128 Å². The summed E-state index contributed by atoms with van der Waals surface area (Å²) in [5.41, 5.74) is 1.07. The zero-order valence-electron chi connectivity index (χ0n) is 12.8. The molecule has 21 heavy (non-hydrogen) atoms. The molecule has 1 saturated heterocycles. The predicted molar refractivity (Wildman–Crippen MR) is 86.0 cm³/mol. The van der Waals surface area contributed by atoms with Gasteiger partial charge in [-0.05, 0) is 31.4 Å². The molecule has 5 nitrogen and oxygen atoms in total. The Hall–Kier alpha value is -1.40. The summed E-state index contributed by atoms with van der Waals surface area (Å²) in [5.74, 6) is 0.404. The molecule has 0 spiro atoms. The van der Waals surface area contributed by atoms with Crippen molar-refractivity contribution in [3.63, 3.8) is 0 Å². The fraction of sp³-hybridized carbons (Fsp3) is 0.600. The molecule has 0 aromatic carbocycles. The molecular formula is C15H22N4OS. The van der Waals surface area contributed by atoms with Crippen LogP contribution >= 0.6 is 11.3 Å². The molecule has 6 heteroatoms. The van der Waals surface area contributed by atoms with Crippen LogP contribution in [0.3, 0.4) is 0 Å². The van der Waals surface area contributed by atoms with Crippen LogP contribution in [0.25, 0.3) is 10.2 Å². The van der Waals surface area contributed by atoms with Gasteiger partial charge in [-0.2, -0.15) is 5.10 Å². The summed E-state index contributed by atoms with van der Waals surface area (Å²) in [5, 5.41) is 12.1. The van der Waals surface area contributed by atoms with Crippen LogP contribution in [0, 0.1) is 0 Å². The average Bonchev–Trinajstić information content (AvgIpc) is 3.01. The summed E-state index contributed by atoms with van der Waals surface area (Å²) in [6.45, 7) is 6.19. The molecule has 0 aliphatic carbocycles. The highest BCUT2D eigenvalue weighted by Gasteiger charge is 2.21. The third-order valence-electron chi connectivity index (χ3n) is 3.94. The van der Waals surface area contributed by atoms with E-state index in [-0.39, 0.29) is 11.9 Å². The van der Waals surface area contributed by atoms with E-state index in [2.05, 4.69) is 29.6 Å². The van der Waals surface area contributed by atoms with Gasteiger partial charge in [-0.3, -0.25) is 9.48 Å². The van der Waals surface area contributed by atoms with Gasteiger partial charge in [0, 0.05) is 25.0 Å². The maximum absolute atomic E-state index is 12.4. The Bertz CT molecular complexity index is 652. The molecule has 1 unspecified atom stereocenters. The summed E-state index contributed by atoms with van der Waals surface area (Å²) < 4.78 is 1.88. The lowest BCUT2D eigenvalue weighted by Crippen LogP contribution is -2.45. The molecule has 0 saturated carbocycles. The summed E-state index contributed by atoms with van der Waals surface area (Å²) in [6, 6.07) is 2.24. The van der Waals surface area contributed by atoms with Gasteiger partial charge < -0.3 is 10.6 Å². The minimum atomic E-state index is 0.0413. The smallest absolute Gasteiger partial charge is 0.261 e. The van der Waals surface area contributed by atoms with E-state index in [0.29, 0.717) is 5.92 Å². The van der Waals surface area contributed by atoms with Gasteiger partial charge >= 0.3 is 0 Å². The van der Waals surface area contributed by atoms with Crippen LogP contribution in [-0.2, 0) is 7.05 Å². The van der Waals surface area contributed by atoms with E-state index in [9.17, 15) is 4.79 Å². The summed E-state index contributed by atoms with van der Waals surface area (Å²) >= 11 is 1.53. The standard InChI is InChI=1S/C15H22N4OS/c1-9(2)13-11-7-12(21-15(11)19(3)18-13)14(20)17-10-5-4-6-16-8-10/h7,9-10,16H,4-6,8H2,1-3H3,(H,17,20). The third-order valence-corrected chi connectivity index (χ3v) is 5.14. The zero-order valence-corrected chi connectivity index (χ0v) is 13.6. The molecule has 1 aliphatic rings. The van der Waals surface area contributed by atoms with Crippen molar-refractivity contribution in [1.82, 2.24) is 20.4 Å². The van der Waals surface area contributed by atoms with Crippen molar-refractivity contribution in [1.29, 1.82) is 0 Å². The van der Waals surface area contributed by atoms with Gasteiger partial charge in [-0.25, -0.2) is 0 Å². The first-order chi connectivity index (χ1) is 10.1. The average molecular weight is 306 g/mol. The first kappa shape index (κ1) is 14.5. The minimum Gasteiger partial charge on any atom is -0.347 e. The van der Waals surface area contributed by atoms with Crippen LogP contribution in [0.15, 0.2) is 6.07 Å². The van der Waals surface area contributed by atoms with Gasteiger partial charge in [-0.1, -0.05) is 13.8 Å². The van der Waals surface area contributed by atoms with E-state index in [4.69, 9.17) is 0 Å². The number of piperidine rings is 1. The number of thiophene rings is 1. The highest BCUT2D eigenvalue weighted by Crippen LogP contribution is 2.31. The van der Waals surface area contributed by atoms with Crippen molar-refractivity contribution in [3.8, 4) is 0 Å². The monoisotopic (exact) mass is 306 g/mol. The van der Waals surface area contributed by atoms with Crippen molar-refractivity contribution in [2.24, 2.45) is 7.05 Å². The number of carbonyl (C=O) groups is 1. The number of fused-ring (bicyclic) bond motifs is 1. The molecule has 2 N–H and O–H groups in total. The first-order valence-electron chi connectivity index (χ1n) is 7.54. The lowest BCUT2D eigenvalue weighted by molar-refractivity contribution is 0.0935. The van der Waals surface area contributed by atoms with Crippen LogP contribution in [0.5, 0.6) is 0 Å². The largest absolute Gasteiger partial charge is 0.347 e. The van der Waals surface area contributed by atoms with E-state index < -0.39 is 0 Å². The predicted octanol–water partition coefficient (Wildman–Crippen LogP) is 2.24. The van der Waals surface area contributed by atoms with E-state index in [1.807, 2.05) is 17.8 Å². The molecule has 1 fully saturated rings. The number of hydrogen-bond acceptors (Lipinski definition) is 4. The normalized spacial score (nSPS) is 19.3. The summed E-state index contributed by atoms with van der Waals surface area (Å²) in [6.07, 6.45) is 2.18. The van der Waals surface area contributed by atoms with Gasteiger partial charge in [0.25, 0.3) is 5.91 Å². The van der Waals surface area contributed by atoms with Gasteiger partial charge in [0.15, 0.2) is 0 Å². The number of rotatable bonds is 3. The maximum atomic E-state index is 12.4. The molecule has 1 amide bonds.